The number of aromatic nitrogens is 2. The number of carbonyl (C=O) groups is 2. The molecule has 1 aliphatic rings. The van der Waals surface area contributed by atoms with Crippen molar-refractivity contribution < 1.29 is 19.8 Å². The Morgan fingerprint density at radius 3 is 2.47 bits per heavy atom. The Labute approximate surface area is 186 Å². The normalized spacial score (nSPS) is 17.9. The zero-order valence-corrected chi connectivity index (χ0v) is 17.7. The number of phenolic OH excluding ortho intramolecular Hbond substituents is 1. The number of Topliss-reactive ketones (excluding diaryl/α,β-unsaturated/α-hetero) is 1. The number of carbonyl (C=O) groups excluding carboxylic acids is 2. The predicted octanol–water partition coefficient (Wildman–Crippen LogP) is 4.33. The highest BCUT2D eigenvalue weighted by atomic mass is 32.1. The van der Waals surface area contributed by atoms with E-state index in [1.165, 1.54) is 40.8 Å². The summed E-state index contributed by atoms with van der Waals surface area (Å²) < 4.78 is 0.889. The average Bonchev–Trinajstić information content (AvgIpc) is 3.32. The van der Waals surface area contributed by atoms with Crippen molar-refractivity contribution in [3.63, 3.8) is 0 Å². The second-order valence-electron chi connectivity index (χ2n) is 7.46. The van der Waals surface area contributed by atoms with E-state index in [0.29, 0.717) is 16.3 Å². The number of fused-ring (bicyclic) bond motifs is 1. The van der Waals surface area contributed by atoms with E-state index < -0.39 is 17.7 Å². The molecule has 0 saturated carbocycles. The maximum absolute atomic E-state index is 13.2. The van der Waals surface area contributed by atoms with Crippen LogP contribution in [0, 0.1) is 6.92 Å². The monoisotopic (exact) mass is 443 g/mol. The zero-order valence-electron chi connectivity index (χ0n) is 16.9. The first-order valence-electron chi connectivity index (χ1n) is 9.81. The minimum absolute atomic E-state index is 0.0395. The van der Waals surface area contributed by atoms with E-state index in [9.17, 15) is 19.8 Å². The van der Waals surface area contributed by atoms with Gasteiger partial charge in [0.25, 0.3) is 5.78 Å². The van der Waals surface area contributed by atoms with E-state index in [2.05, 4.69) is 9.97 Å². The third-order valence-electron chi connectivity index (χ3n) is 5.35. The molecule has 2 aromatic heterocycles. The SMILES string of the molecule is Cc1ccc2nc(N3C(=O)C(=O)C(=C(O)c4ccncc4)C3c3ccc(O)cc3)sc2c1. The molecule has 32 heavy (non-hydrogen) atoms. The molecule has 0 bridgehead atoms. The minimum atomic E-state index is -0.898. The Hall–Kier alpha value is -4.04. The van der Waals surface area contributed by atoms with Crippen LogP contribution in [0.15, 0.2) is 72.6 Å². The maximum atomic E-state index is 13.2. The summed E-state index contributed by atoms with van der Waals surface area (Å²) in [7, 11) is 0. The fourth-order valence-corrected chi connectivity index (χ4v) is 4.88. The molecule has 1 unspecified atom stereocenters. The van der Waals surface area contributed by atoms with E-state index in [-0.39, 0.29) is 17.1 Å². The number of phenols is 1. The molecule has 158 valence electrons. The van der Waals surface area contributed by atoms with Gasteiger partial charge in [-0.3, -0.25) is 19.5 Å². The summed E-state index contributed by atoms with van der Waals surface area (Å²) in [6, 6.07) is 14.2. The molecule has 0 radical (unpaired) electrons. The van der Waals surface area contributed by atoms with Crippen LogP contribution in [0.4, 0.5) is 5.13 Å². The minimum Gasteiger partial charge on any atom is -0.508 e. The molecule has 3 heterocycles. The molecule has 1 atom stereocenters. The summed E-state index contributed by atoms with van der Waals surface area (Å²) in [5.41, 5.74) is 2.68. The second kappa shape index (κ2) is 7.58. The number of anilines is 1. The van der Waals surface area contributed by atoms with Crippen LogP contribution in [0.5, 0.6) is 5.75 Å². The van der Waals surface area contributed by atoms with Crippen molar-refractivity contribution in [2.45, 2.75) is 13.0 Å². The molecular weight excluding hydrogens is 426 g/mol. The first kappa shape index (κ1) is 19.9. The number of aliphatic hydroxyl groups is 1. The van der Waals surface area contributed by atoms with Crippen LogP contribution < -0.4 is 4.90 Å². The summed E-state index contributed by atoms with van der Waals surface area (Å²) in [5, 5.41) is 21.1. The van der Waals surface area contributed by atoms with Crippen molar-refractivity contribution in [1.29, 1.82) is 0 Å². The van der Waals surface area contributed by atoms with Crippen LogP contribution in [0.25, 0.3) is 16.0 Å². The van der Waals surface area contributed by atoms with Gasteiger partial charge < -0.3 is 10.2 Å². The molecule has 2 aromatic carbocycles. The van der Waals surface area contributed by atoms with Gasteiger partial charge >= 0.3 is 5.91 Å². The number of hydrogen-bond acceptors (Lipinski definition) is 7. The van der Waals surface area contributed by atoms with E-state index in [1.807, 2.05) is 25.1 Å². The number of ketones is 1. The number of rotatable bonds is 3. The highest BCUT2D eigenvalue weighted by Gasteiger charge is 2.48. The van der Waals surface area contributed by atoms with E-state index in [0.717, 1.165) is 15.8 Å². The molecule has 1 aliphatic heterocycles. The van der Waals surface area contributed by atoms with Gasteiger partial charge in [0.15, 0.2) is 5.13 Å². The van der Waals surface area contributed by atoms with Gasteiger partial charge in [0, 0.05) is 18.0 Å². The number of benzene rings is 2. The van der Waals surface area contributed by atoms with Crippen LogP contribution >= 0.6 is 11.3 Å². The molecule has 5 rings (SSSR count). The Kier molecular flexibility index (Phi) is 4.71. The molecule has 8 heteroatoms. The molecule has 7 nitrogen and oxygen atoms in total. The van der Waals surface area contributed by atoms with E-state index in [1.54, 1.807) is 24.3 Å². The van der Waals surface area contributed by atoms with Gasteiger partial charge in [-0.15, -0.1) is 0 Å². The standard InChI is InChI=1S/C24H17N3O4S/c1-13-2-7-17-18(12-13)32-24(26-17)27-20(14-3-5-16(28)6-4-14)19(22(30)23(27)31)21(29)15-8-10-25-11-9-15/h2-12,20,28-29H,1H3. The molecular formula is C24H17N3O4S. The van der Waals surface area contributed by atoms with Crippen molar-refractivity contribution in [1.82, 2.24) is 9.97 Å². The van der Waals surface area contributed by atoms with Gasteiger partial charge in [0.2, 0.25) is 0 Å². The van der Waals surface area contributed by atoms with Crippen molar-refractivity contribution in [3.8, 4) is 5.75 Å². The highest BCUT2D eigenvalue weighted by Crippen LogP contribution is 2.44. The Balaban J connectivity index is 1.73. The maximum Gasteiger partial charge on any atom is 0.301 e. The first-order chi connectivity index (χ1) is 15.4. The molecule has 1 amide bonds. The number of aliphatic hydroxyl groups excluding tert-OH is 1. The molecule has 4 aromatic rings. The lowest BCUT2D eigenvalue weighted by molar-refractivity contribution is -0.132. The van der Waals surface area contributed by atoms with Crippen molar-refractivity contribution in [2.75, 3.05) is 4.90 Å². The van der Waals surface area contributed by atoms with Crippen molar-refractivity contribution in [2.24, 2.45) is 0 Å². The summed E-state index contributed by atoms with van der Waals surface area (Å²) in [5.74, 6) is -1.80. The molecule has 1 fully saturated rings. The Bertz CT molecular complexity index is 1390. The summed E-state index contributed by atoms with van der Waals surface area (Å²) in [6.07, 6.45) is 2.99. The fourth-order valence-electron chi connectivity index (χ4n) is 3.79. The zero-order chi connectivity index (χ0) is 22.4. The van der Waals surface area contributed by atoms with Gasteiger partial charge in [-0.05, 0) is 54.4 Å². The van der Waals surface area contributed by atoms with Crippen LogP contribution in [-0.4, -0.2) is 31.9 Å². The summed E-state index contributed by atoms with van der Waals surface area (Å²) in [6.45, 7) is 1.97. The molecule has 0 spiro atoms. The largest absolute Gasteiger partial charge is 0.508 e. The smallest absolute Gasteiger partial charge is 0.301 e. The summed E-state index contributed by atoms with van der Waals surface area (Å²) in [4.78, 5) is 36.2. The van der Waals surface area contributed by atoms with E-state index in [4.69, 9.17) is 0 Å². The van der Waals surface area contributed by atoms with Gasteiger partial charge in [0.05, 0.1) is 21.8 Å². The third-order valence-corrected chi connectivity index (χ3v) is 6.36. The topological polar surface area (TPSA) is 104 Å². The molecule has 2 N–H and O–H groups in total. The lowest BCUT2D eigenvalue weighted by Crippen LogP contribution is -2.29. The lowest BCUT2D eigenvalue weighted by Gasteiger charge is -2.23. The van der Waals surface area contributed by atoms with Gasteiger partial charge in [-0.25, -0.2) is 4.98 Å². The second-order valence-corrected chi connectivity index (χ2v) is 8.47. The number of hydrogen-bond donors (Lipinski definition) is 2. The van der Waals surface area contributed by atoms with Crippen LogP contribution in [-0.2, 0) is 9.59 Å². The van der Waals surface area contributed by atoms with Crippen LogP contribution in [0.1, 0.15) is 22.7 Å². The predicted molar refractivity (Wildman–Crippen MR) is 121 cm³/mol. The Morgan fingerprint density at radius 1 is 1.03 bits per heavy atom. The highest BCUT2D eigenvalue weighted by molar-refractivity contribution is 7.22. The van der Waals surface area contributed by atoms with Gasteiger partial charge in [-0.2, -0.15) is 0 Å². The molecule has 0 aliphatic carbocycles. The summed E-state index contributed by atoms with van der Waals surface area (Å²) >= 11 is 1.30. The van der Waals surface area contributed by atoms with Gasteiger partial charge in [-0.1, -0.05) is 29.5 Å². The fraction of sp³-hybridized carbons (Fsp3) is 0.0833. The van der Waals surface area contributed by atoms with Crippen LogP contribution in [0.2, 0.25) is 0 Å². The number of amides is 1. The lowest BCUT2D eigenvalue weighted by atomic mass is 9.95. The number of nitrogens with zero attached hydrogens (tertiary/aromatic N) is 3. The van der Waals surface area contributed by atoms with Gasteiger partial charge in [0.1, 0.15) is 11.5 Å². The van der Waals surface area contributed by atoms with Crippen LogP contribution in [0.3, 0.4) is 0 Å². The van der Waals surface area contributed by atoms with E-state index >= 15 is 0 Å². The van der Waals surface area contributed by atoms with Crippen molar-refractivity contribution >= 4 is 44.1 Å². The number of pyridine rings is 1. The number of aryl methyl sites for hydroxylation is 1. The number of thiazole rings is 1. The average molecular weight is 443 g/mol. The quantitative estimate of drug-likeness (QED) is 0.277. The molecule has 1 saturated heterocycles. The first-order valence-corrected chi connectivity index (χ1v) is 10.6. The number of aromatic hydroxyl groups is 1. The van der Waals surface area contributed by atoms with Crippen molar-refractivity contribution in [3.05, 3.63) is 89.3 Å². The third kappa shape index (κ3) is 3.21. The Morgan fingerprint density at radius 2 is 1.75 bits per heavy atom.